The number of fused-ring (bicyclic) bond motifs is 1. The van der Waals surface area contributed by atoms with Crippen LogP contribution >= 0.6 is 15.9 Å². The van der Waals surface area contributed by atoms with Crippen LogP contribution in [-0.2, 0) is 4.79 Å². The highest BCUT2D eigenvalue weighted by Crippen LogP contribution is 2.39. The van der Waals surface area contributed by atoms with Crippen LogP contribution in [0.1, 0.15) is 36.5 Å². The third-order valence-corrected chi connectivity index (χ3v) is 3.73. The number of amides is 1. The molecule has 1 aliphatic heterocycles. The molecule has 0 fully saturated rings. The average molecular weight is 358 g/mol. The summed E-state index contributed by atoms with van der Waals surface area (Å²) in [5.41, 5.74) is 0.328. The third kappa shape index (κ3) is 3.66. The Morgan fingerprint density at radius 1 is 1.43 bits per heavy atom. The molecule has 1 heterocycles. The van der Waals surface area contributed by atoms with Crippen molar-refractivity contribution in [1.82, 2.24) is 5.32 Å². The van der Waals surface area contributed by atoms with Gasteiger partial charge in [0.05, 0.1) is 4.47 Å². The molecule has 1 atom stereocenters. The van der Waals surface area contributed by atoms with Gasteiger partial charge < -0.3 is 19.9 Å². The van der Waals surface area contributed by atoms with E-state index in [1.54, 1.807) is 12.1 Å². The molecule has 0 aliphatic carbocycles. The maximum atomic E-state index is 12.2. The second-order valence-corrected chi connectivity index (χ2v) is 5.55. The number of aliphatic carboxylic acids is 1. The summed E-state index contributed by atoms with van der Waals surface area (Å²) in [5.74, 6) is -0.462. The number of benzene rings is 1. The van der Waals surface area contributed by atoms with Crippen molar-refractivity contribution in [3.8, 4) is 11.5 Å². The van der Waals surface area contributed by atoms with Crippen molar-refractivity contribution in [3.63, 3.8) is 0 Å². The Morgan fingerprint density at radius 2 is 2.19 bits per heavy atom. The number of ether oxygens (including phenoxy) is 2. The lowest BCUT2D eigenvalue weighted by atomic mass is 10.1. The van der Waals surface area contributed by atoms with Crippen molar-refractivity contribution < 1.29 is 24.2 Å². The lowest BCUT2D eigenvalue weighted by molar-refractivity contribution is -0.139. The molecule has 1 amide bonds. The van der Waals surface area contributed by atoms with Crippen LogP contribution in [0, 0.1) is 0 Å². The second kappa shape index (κ2) is 6.80. The topological polar surface area (TPSA) is 84.9 Å². The van der Waals surface area contributed by atoms with Crippen LogP contribution in [0.5, 0.6) is 11.5 Å². The smallest absolute Gasteiger partial charge is 0.326 e. The molecule has 2 N–H and O–H groups in total. The van der Waals surface area contributed by atoms with Gasteiger partial charge in [0.25, 0.3) is 5.91 Å². The van der Waals surface area contributed by atoms with Crippen molar-refractivity contribution in [3.05, 3.63) is 22.2 Å². The highest BCUT2D eigenvalue weighted by atomic mass is 79.9. The summed E-state index contributed by atoms with van der Waals surface area (Å²) in [5, 5.41) is 11.7. The molecule has 0 saturated heterocycles. The molecule has 6 nitrogen and oxygen atoms in total. The lowest BCUT2D eigenvalue weighted by Gasteiger charge is -2.14. The Kier molecular flexibility index (Phi) is 5.06. The monoisotopic (exact) mass is 357 g/mol. The van der Waals surface area contributed by atoms with Crippen molar-refractivity contribution in [2.75, 3.05) is 6.79 Å². The maximum absolute atomic E-state index is 12.2. The molecule has 0 bridgehead atoms. The highest BCUT2D eigenvalue weighted by molar-refractivity contribution is 9.10. The number of rotatable bonds is 6. The van der Waals surface area contributed by atoms with Crippen LogP contribution in [-0.4, -0.2) is 29.8 Å². The quantitative estimate of drug-likeness (QED) is 0.817. The first-order valence-corrected chi connectivity index (χ1v) is 7.45. The van der Waals surface area contributed by atoms with E-state index in [4.69, 9.17) is 14.6 Å². The third-order valence-electron chi connectivity index (χ3n) is 3.14. The minimum Gasteiger partial charge on any atom is -0.480 e. The van der Waals surface area contributed by atoms with E-state index in [1.165, 1.54) is 0 Å². The van der Waals surface area contributed by atoms with Crippen molar-refractivity contribution in [2.24, 2.45) is 0 Å². The number of unbranched alkanes of at least 4 members (excludes halogenated alkanes) is 1. The summed E-state index contributed by atoms with van der Waals surface area (Å²) >= 11 is 3.30. The molecule has 0 aromatic heterocycles. The second-order valence-electron chi connectivity index (χ2n) is 4.70. The molecule has 0 radical (unpaired) electrons. The molecule has 114 valence electrons. The fourth-order valence-electron chi connectivity index (χ4n) is 2.01. The highest BCUT2D eigenvalue weighted by Gasteiger charge is 2.23. The Morgan fingerprint density at radius 3 is 2.86 bits per heavy atom. The number of carbonyl (C=O) groups is 2. The number of carboxylic acids is 1. The summed E-state index contributed by atoms with van der Waals surface area (Å²) < 4.78 is 11.1. The van der Waals surface area contributed by atoms with Gasteiger partial charge in [-0.05, 0) is 34.5 Å². The first-order chi connectivity index (χ1) is 10.0. The minimum atomic E-state index is -1.03. The van der Waals surface area contributed by atoms with Crippen LogP contribution < -0.4 is 14.8 Å². The number of hydrogen-bond donors (Lipinski definition) is 2. The van der Waals surface area contributed by atoms with E-state index in [9.17, 15) is 9.59 Å². The minimum absolute atomic E-state index is 0.104. The van der Waals surface area contributed by atoms with Crippen molar-refractivity contribution in [2.45, 2.75) is 32.2 Å². The van der Waals surface area contributed by atoms with E-state index >= 15 is 0 Å². The van der Waals surface area contributed by atoms with Crippen molar-refractivity contribution >= 4 is 27.8 Å². The SMILES string of the molecule is CCCC[C@H](NC(=O)c1cc(Br)c2c(c1)OCO2)C(=O)O. The van der Waals surface area contributed by atoms with E-state index in [0.717, 1.165) is 12.8 Å². The molecule has 2 rings (SSSR count). The van der Waals surface area contributed by atoms with E-state index in [-0.39, 0.29) is 6.79 Å². The Balaban J connectivity index is 2.12. The molecule has 0 saturated carbocycles. The fraction of sp³-hybridized carbons (Fsp3) is 0.429. The molecule has 1 aromatic rings. The van der Waals surface area contributed by atoms with Gasteiger partial charge in [0, 0.05) is 5.56 Å². The number of carboxylic acid groups (broad SMARTS) is 1. The van der Waals surface area contributed by atoms with Crippen LogP contribution in [0.3, 0.4) is 0 Å². The van der Waals surface area contributed by atoms with Gasteiger partial charge in [-0.1, -0.05) is 19.8 Å². The summed E-state index contributed by atoms with van der Waals surface area (Å²) in [4.78, 5) is 23.3. The fourth-order valence-corrected chi connectivity index (χ4v) is 2.56. The standard InChI is InChI=1S/C14H16BrNO5/c1-2-3-4-10(14(18)19)16-13(17)8-5-9(15)12-11(6-8)20-7-21-12/h5-6,10H,2-4,7H2,1H3,(H,16,17)(H,18,19)/t10-/m0/s1. The zero-order valence-electron chi connectivity index (χ0n) is 11.5. The zero-order valence-corrected chi connectivity index (χ0v) is 13.1. The van der Waals surface area contributed by atoms with Gasteiger partial charge in [-0.25, -0.2) is 4.79 Å². The summed E-state index contributed by atoms with van der Waals surface area (Å²) in [6, 6.07) is 2.24. The van der Waals surface area contributed by atoms with Crippen LogP contribution in [0.4, 0.5) is 0 Å². The molecule has 21 heavy (non-hydrogen) atoms. The molecular weight excluding hydrogens is 342 g/mol. The van der Waals surface area contributed by atoms with Gasteiger partial charge in [0.1, 0.15) is 6.04 Å². The predicted molar refractivity (Wildman–Crippen MR) is 78.7 cm³/mol. The first-order valence-electron chi connectivity index (χ1n) is 6.65. The summed E-state index contributed by atoms with van der Waals surface area (Å²) in [6.07, 6.45) is 2.01. The lowest BCUT2D eigenvalue weighted by Crippen LogP contribution is -2.40. The van der Waals surface area contributed by atoms with Gasteiger partial charge in [0.15, 0.2) is 11.5 Å². The summed E-state index contributed by atoms with van der Waals surface area (Å²) in [7, 11) is 0. The number of nitrogens with one attached hydrogen (secondary N) is 1. The first kappa shape index (κ1) is 15.6. The van der Waals surface area contributed by atoms with Gasteiger partial charge in [-0.15, -0.1) is 0 Å². The van der Waals surface area contributed by atoms with Crippen LogP contribution in [0.25, 0.3) is 0 Å². The van der Waals surface area contributed by atoms with Gasteiger partial charge in [0.2, 0.25) is 6.79 Å². The predicted octanol–water partition coefficient (Wildman–Crippen LogP) is 2.55. The Bertz CT molecular complexity index is 561. The average Bonchev–Trinajstić information content (AvgIpc) is 2.91. The largest absolute Gasteiger partial charge is 0.480 e. The molecule has 1 aliphatic rings. The molecule has 0 unspecified atom stereocenters. The van der Waals surface area contributed by atoms with E-state index in [1.807, 2.05) is 6.92 Å². The Hall–Kier alpha value is -1.76. The molecule has 7 heteroatoms. The van der Waals surface area contributed by atoms with Crippen molar-refractivity contribution in [1.29, 1.82) is 0 Å². The van der Waals surface area contributed by atoms with Gasteiger partial charge >= 0.3 is 5.97 Å². The van der Waals surface area contributed by atoms with E-state index in [2.05, 4.69) is 21.2 Å². The molecule has 0 spiro atoms. The molecule has 1 aromatic carbocycles. The maximum Gasteiger partial charge on any atom is 0.326 e. The number of hydrogen-bond acceptors (Lipinski definition) is 4. The zero-order chi connectivity index (χ0) is 15.4. The van der Waals surface area contributed by atoms with Gasteiger partial charge in [-0.3, -0.25) is 4.79 Å². The van der Waals surface area contributed by atoms with E-state index < -0.39 is 17.9 Å². The van der Waals surface area contributed by atoms with Crippen LogP contribution in [0.15, 0.2) is 16.6 Å². The van der Waals surface area contributed by atoms with E-state index in [0.29, 0.717) is 28.0 Å². The molecular formula is C14H16BrNO5. The number of halogens is 1. The van der Waals surface area contributed by atoms with Gasteiger partial charge in [-0.2, -0.15) is 0 Å². The number of carbonyl (C=O) groups excluding carboxylic acids is 1. The summed E-state index contributed by atoms with van der Waals surface area (Å²) in [6.45, 7) is 2.07. The normalized spacial score (nSPS) is 13.8. The Labute approximate surface area is 130 Å². The van der Waals surface area contributed by atoms with Crippen LogP contribution in [0.2, 0.25) is 0 Å².